The molecule has 0 atom stereocenters. The Labute approximate surface area is 201 Å². The van der Waals surface area contributed by atoms with Gasteiger partial charge in [0.1, 0.15) is 12.0 Å². The van der Waals surface area contributed by atoms with Crippen molar-refractivity contribution in [1.29, 1.82) is 0 Å². The highest BCUT2D eigenvalue weighted by molar-refractivity contribution is 6.30. The van der Waals surface area contributed by atoms with Crippen molar-refractivity contribution in [1.82, 2.24) is 20.0 Å². The molecule has 0 aliphatic carbocycles. The average Bonchev–Trinajstić information content (AvgIpc) is 3.56. The summed E-state index contributed by atoms with van der Waals surface area (Å²) in [5.41, 5.74) is 3.36. The summed E-state index contributed by atoms with van der Waals surface area (Å²) in [6.45, 7) is 1.14. The lowest BCUT2D eigenvalue weighted by Crippen LogP contribution is -2.46. The molecule has 8 heteroatoms. The van der Waals surface area contributed by atoms with Gasteiger partial charge in [-0.1, -0.05) is 41.9 Å². The van der Waals surface area contributed by atoms with E-state index < -0.39 is 0 Å². The molecule has 5 rings (SSSR count). The zero-order valence-corrected chi connectivity index (χ0v) is 19.1. The highest BCUT2D eigenvalue weighted by atomic mass is 35.5. The van der Waals surface area contributed by atoms with E-state index in [9.17, 15) is 9.59 Å². The molecule has 7 nitrogen and oxygen atoms in total. The first kappa shape index (κ1) is 22.0. The molecule has 0 bridgehead atoms. The predicted molar refractivity (Wildman–Crippen MR) is 129 cm³/mol. The Morgan fingerprint density at radius 1 is 1.00 bits per heavy atom. The molecule has 172 valence electrons. The summed E-state index contributed by atoms with van der Waals surface area (Å²) < 4.78 is 6.68. The summed E-state index contributed by atoms with van der Waals surface area (Å²) >= 11 is 6.03. The monoisotopic (exact) mass is 474 g/mol. The first-order valence-corrected chi connectivity index (χ1v) is 11.5. The van der Waals surface area contributed by atoms with Crippen LogP contribution in [0.1, 0.15) is 33.7 Å². The molecule has 0 spiro atoms. The van der Waals surface area contributed by atoms with Crippen molar-refractivity contribution in [2.45, 2.75) is 18.9 Å². The Balaban J connectivity index is 1.33. The number of nitrogens with zero attached hydrogens (tertiary/aromatic N) is 3. The van der Waals surface area contributed by atoms with Crippen LogP contribution in [-0.4, -0.2) is 45.6 Å². The number of likely N-dealkylation sites (tertiary alicyclic amines) is 1. The van der Waals surface area contributed by atoms with Gasteiger partial charge in [-0.2, -0.15) is 5.10 Å². The van der Waals surface area contributed by atoms with E-state index in [1.54, 1.807) is 33.8 Å². The predicted octanol–water partition coefficient (Wildman–Crippen LogP) is 4.82. The minimum Gasteiger partial charge on any atom is -0.472 e. The van der Waals surface area contributed by atoms with Gasteiger partial charge in [0.25, 0.3) is 11.8 Å². The maximum Gasteiger partial charge on any atom is 0.270 e. The van der Waals surface area contributed by atoms with Crippen LogP contribution in [0.15, 0.2) is 83.7 Å². The number of rotatable bonds is 5. The van der Waals surface area contributed by atoms with Crippen LogP contribution in [0.2, 0.25) is 5.02 Å². The van der Waals surface area contributed by atoms with Gasteiger partial charge in [-0.25, -0.2) is 4.68 Å². The second-order valence-corrected chi connectivity index (χ2v) is 8.66. The minimum atomic E-state index is -0.198. The normalized spacial score (nSPS) is 14.2. The number of piperidine rings is 1. The SMILES string of the molecule is O=C(NC1CCN(C(=O)c2ccoc2)CC1)c1cc(-c2ccc(Cl)cc2)nn1-c1ccccc1. The van der Waals surface area contributed by atoms with Crippen molar-refractivity contribution in [2.75, 3.05) is 13.1 Å². The first-order valence-electron chi connectivity index (χ1n) is 11.1. The molecule has 2 aromatic heterocycles. The van der Waals surface area contributed by atoms with E-state index in [0.717, 1.165) is 11.3 Å². The average molecular weight is 475 g/mol. The molecule has 1 saturated heterocycles. The van der Waals surface area contributed by atoms with Gasteiger partial charge < -0.3 is 14.6 Å². The Morgan fingerprint density at radius 3 is 2.41 bits per heavy atom. The molecule has 3 heterocycles. The molecule has 0 unspecified atom stereocenters. The zero-order chi connectivity index (χ0) is 23.5. The summed E-state index contributed by atoms with van der Waals surface area (Å²) in [5, 5.41) is 8.49. The van der Waals surface area contributed by atoms with Gasteiger partial charge >= 0.3 is 0 Å². The molecule has 1 aliphatic heterocycles. The molecule has 34 heavy (non-hydrogen) atoms. The fourth-order valence-corrected chi connectivity index (χ4v) is 4.25. The fraction of sp³-hybridized carbons (Fsp3) is 0.192. The Bertz CT molecular complexity index is 1280. The van der Waals surface area contributed by atoms with E-state index >= 15 is 0 Å². The summed E-state index contributed by atoms with van der Waals surface area (Å²) in [4.78, 5) is 27.6. The first-order chi connectivity index (χ1) is 16.6. The smallest absolute Gasteiger partial charge is 0.270 e. The molecule has 0 saturated carbocycles. The second kappa shape index (κ2) is 9.57. The Hall–Kier alpha value is -3.84. The van der Waals surface area contributed by atoms with Crippen molar-refractivity contribution in [3.8, 4) is 16.9 Å². The molecule has 1 N–H and O–H groups in total. The number of benzene rings is 2. The number of furan rings is 1. The van der Waals surface area contributed by atoms with Gasteiger partial charge in [0.15, 0.2) is 0 Å². The van der Waals surface area contributed by atoms with Crippen LogP contribution in [0.3, 0.4) is 0 Å². The third-order valence-electron chi connectivity index (χ3n) is 5.97. The number of nitrogens with one attached hydrogen (secondary N) is 1. The van der Waals surface area contributed by atoms with E-state index in [4.69, 9.17) is 21.1 Å². The summed E-state index contributed by atoms with van der Waals surface area (Å²) in [7, 11) is 0. The van der Waals surface area contributed by atoms with Crippen molar-refractivity contribution in [3.05, 3.63) is 95.5 Å². The van der Waals surface area contributed by atoms with Crippen molar-refractivity contribution >= 4 is 23.4 Å². The summed E-state index contributed by atoms with van der Waals surface area (Å²) in [6.07, 6.45) is 4.31. The van der Waals surface area contributed by atoms with Gasteiger partial charge in [0.2, 0.25) is 0 Å². The van der Waals surface area contributed by atoms with E-state index in [-0.39, 0.29) is 17.9 Å². The van der Waals surface area contributed by atoms with Gasteiger partial charge in [0, 0.05) is 29.7 Å². The fourth-order valence-electron chi connectivity index (χ4n) is 4.13. The lowest BCUT2D eigenvalue weighted by molar-refractivity contribution is 0.0697. The molecule has 1 aliphatic rings. The number of amides is 2. The van der Waals surface area contributed by atoms with Crippen LogP contribution in [-0.2, 0) is 0 Å². The number of halogens is 1. The van der Waals surface area contributed by atoms with Crippen LogP contribution >= 0.6 is 11.6 Å². The zero-order valence-electron chi connectivity index (χ0n) is 18.4. The van der Waals surface area contributed by atoms with Crippen LogP contribution in [0.25, 0.3) is 16.9 Å². The van der Waals surface area contributed by atoms with Crippen molar-refractivity contribution in [2.24, 2.45) is 0 Å². The van der Waals surface area contributed by atoms with Crippen LogP contribution < -0.4 is 5.32 Å². The van der Waals surface area contributed by atoms with Gasteiger partial charge in [-0.15, -0.1) is 0 Å². The lowest BCUT2D eigenvalue weighted by Gasteiger charge is -2.32. The number of aromatic nitrogens is 2. The van der Waals surface area contributed by atoms with Crippen LogP contribution in [0.4, 0.5) is 0 Å². The number of para-hydroxylation sites is 1. The number of hydrogen-bond acceptors (Lipinski definition) is 4. The van der Waals surface area contributed by atoms with Crippen LogP contribution in [0, 0.1) is 0 Å². The Kier molecular flexibility index (Phi) is 6.18. The third kappa shape index (κ3) is 4.61. The van der Waals surface area contributed by atoms with Gasteiger partial charge in [-0.05, 0) is 49.2 Å². The van der Waals surface area contributed by atoms with Gasteiger partial charge in [-0.3, -0.25) is 9.59 Å². The summed E-state index contributed by atoms with van der Waals surface area (Å²) in [6, 6.07) is 20.4. The number of carbonyl (C=O) groups excluding carboxylic acids is 2. The molecule has 2 aromatic carbocycles. The standard InChI is InChI=1S/C26H23ClN4O3/c27-20-8-6-18(7-9-20)23-16-24(31(29-23)22-4-2-1-3-5-22)25(32)28-21-10-13-30(14-11-21)26(33)19-12-15-34-17-19/h1-9,12,15-17,21H,10-11,13-14H2,(H,28,32). The number of carbonyl (C=O) groups is 2. The maximum absolute atomic E-state index is 13.3. The van der Waals surface area contributed by atoms with Crippen LogP contribution in [0.5, 0.6) is 0 Å². The van der Waals surface area contributed by atoms with E-state index in [2.05, 4.69) is 5.32 Å². The maximum atomic E-state index is 13.3. The molecule has 0 radical (unpaired) electrons. The molecular formula is C26H23ClN4O3. The lowest BCUT2D eigenvalue weighted by atomic mass is 10.0. The second-order valence-electron chi connectivity index (χ2n) is 8.22. The van der Waals surface area contributed by atoms with Crippen molar-refractivity contribution < 1.29 is 14.0 Å². The molecule has 4 aromatic rings. The molecular weight excluding hydrogens is 452 g/mol. The van der Waals surface area contributed by atoms with E-state index in [1.165, 1.54) is 12.5 Å². The van der Waals surface area contributed by atoms with Gasteiger partial charge in [0.05, 0.1) is 23.2 Å². The topological polar surface area (TPSA) is 80.4 Å². The van der Waals surface area contributed by atoms with E-state index in [1.807, 2.05) is 42.5 Å². The van der Waals surface area contributed by atoms with E-state index in [0.29, 0.717) is 47.9 Å². The third-order valence-corrected chi connectivity index (χ3v) is 6.22. The highest BCUT2D eigenvalue weighted by Gasteiger charge is 2.27. The molecule has 1 fully saturated rings. The largest absolute Gasteiger partial charge is 0.472 e. The Morgan fingerprint density at radius 2 is 1.74 bits per heavy atom. The van der Waals surface area contributed by atoms with Crippen molar-refractivity contribution in [3.63, 3.8) is 0 Å². The quantitative estimate of drug-likeness (QED) is 0.449. The summed E-state index contributed by atoms with van der Waals surface area (Å²) in [5.74, 6) is -0.246. The minimum absolute atomic E-state index is 0.0287. The highest BCUT2D eigenvalue weighted by Crippen LogP contribution is 2.24. The number of hydrogen-bond donors (Lipinski definition) is 1. The molecule has 2 amide bonds.